The minimum absolute atomic E-state index is 0.149. The molecule has 0 saturated carbocycles. The van der Waals surface area contributed by atoms with Gasteiger partial charge in [-0.25, -0.2) is 8.42 Å². The largest absolute Gasteiger partial charge is 0.274 e. The van der Waals surface area contributed by atoms with E-state index in [0.717, 1.165) is 21.6 Å². The number of nitrogens with zero attached hydrogens (tertiary/aromatic N) is 3. The van der Waals surface area contributed by atoms with Crippen molar-refractivity contribution in [2.75, 3.05) is 10.6 Å². The number of hydrogen-bond acceptors (Lipinski definition) is 4. The van der Waals surface area contributed by atoms with Crippen molar-refractivity contribution in [2.45, 2.75) is 13.8 Å². The van der Waals surface area contributed by atoms with Gasteiger partial charge in [0.1, 0.15) is 0 Å². The van der Waals surface area contributed by atoms with Crippen LogP contribution in [0.1, 0.15) is 12.5 Å². The van der Waals surface area contributed by atoms with E-state index in [1.807, 2.05) is 19.1 Å². The molecule has 0 atom stereocenters. The lowest BCUT2D eigenvalue weighted by molar-refractivity contribution is -0.115. The lowest BCUT2D eigenvalue weighted by Gasteiger charge is -2.15. The molecule has 0 aliphatic rings. The molecule has 1 heterocycles. The summed E-state index contributed by atoms with van der Waals surface area (Å²) < 4.78 is 25.8. The van der Waals surface area contributed by atoms with Gasteiger partial charge in [0, 0.05) is 19.4 Å². The summed E-state index contributed by atoms with van der Waals surface area (Å²) in [6.07, 6.45) is 0.991. The number of amides is 1. The second-order valence-electron chi connectivity index (χ2n) is 4.46. The van der Waals surface area contributed by atoms with E-state index >= 15 is 0 Å². The molecule has 1 aromatic carbocycles. The molecule has 0 radical (unpaired) electrons. The molecule has 102 valence electrons. The summed E-state index contributed by atoms with van der Waals surface area (Å²) in [6, 6.07) is 5.47. The highest BCUT2D eigenvalue weighted by Gasteiger charge is 2.27. The van der Waals surface area contributed by atoms with Crippen LogP contribution in [-0.4, -0.2) is 30.4 Å². The first kappa shape index (κ1) is 13.5. The number of rotatable bonds is 2. The summed E-state index contributed by atoms with van der Waals surface area (Å²) in [5.74, 6) is -0.430. The van der Waals surface area contributed by atoms with E-state index in [9.17, 15) is 13.2 Å². The van der Waals surface area contributed by atoms with Gasteiger partial charge in [-0.15, -0.1) is 0 Å². The van der Waals surface area contributed by atoms with Crippen LogP contribution in [0.2, 0.25) is 0 Å². The zero-order valence-corrected chi connectivity index (χ0v) is 12.0. The summed E-state index contributed by atoms with van der Waals surface area (Å²) in [6.45, 7) is 3.11. The molecule has 1 aromatic heterocycles. The number of benzene rings is 1. The molecule has 0 spiro atoms. The quantitative estimate of drug-likeness (QED) is 0.829. The maximum Gasteiger partial charge on any atom is 0.240 e. The van der Waals surface area contributed by atoms with E-state index in [4.69, 9.17) is 0 Å². The van der Waals surface area contributed by atoms with Gasteiger partial charge in [0.15, 0.2) is 5.82 Å². The van der Waals surface area contributed by atoms with Crippen LogP contribution in [0, 0.1) is 6.92 Å². The Hall–Kier alpha value is -1.89. The normalized spacial score (nSPS) is 11.8. The fraction of sp³-hybridized carbons (Fsp3) is 0.333. The number of aryl methyl sites for hydroxylation is 2. The van der Waals surface area contributed by atoms with Gasteiger partial charge in [0.2, 0.25) is 15.9 Å². The van der Waals surface area contributed by atoms with Crippen molar-refractivity contribution in [3.63, 3.8) is 0 Å². The van der Waals surface area contributed by atoms with E-state index in [1.165, 1.54) is 6.92 Å². The fourth-order valence-electron chi connectivity index (χ4n) is 2.20. The van der Waals surface area contributed by atoms with Crippen molar-refractivity contribution in [1.29, 1.82) is 0 Å². The lowest BCUT2D eigenvalue weighted by Crippen LogP contribution is -2.34. The highest BCUT2D eigenvalue weighted by atomic mass is 32.2. The maximum atomic E-state index is 11.8. The van der Waals surface area contributed by atoms with Crippen LogP contribution in [0.15, 0.2) is 18.2 Å². The Morgan fingerprint density at radius 1 is 1.37 bits per heavy atom. The van der Waals surface area contributed by atoms with Gasteiger partial charge >= 0.3 is 0 Å². The van der Waals surface area contributed by atoms with Crippen LogP contribution in [0.25, 0.3) is 10.9 Å². The minimum atomic E-state index is -3.70. The fourth-order valence-corrected chi connectivity index (χ4v) is 3.12. The van der Waals surface area contributed by atoms with Crippen molar-refractivity contribution in [1.82, 2.24) is 9.78 Å². The summed E-state index contributed by atoms with van der Waals surface area (Å²) in [5.41, 5.74) is 1.78. The molecule has 2 rings (SSSR count). The SMILES string of the molecule is CC(=O)N(c1nn(C)c2c(C)cccc12)S(C)(=O)=O. The Balaban J connectivity index is 2.83. The first-order valence-corrected chi connectivity index (χ1v) is 7.51. The monoisotopic (exact) mass is 281 g/mol. The van der Waals surface area contributed by atoms with Crippen LogP contribution in [0.5, 0.6) is 0 Å². The molecule has 0 N–H and O–H groups in total. The van der Waals surface area contributed by atoms with Gasteiger partial charge in [-0.1, -0.05) is 12.1 Å². The van der Waals surface area contributed by atoms with Crippen molar-refractivity contribution in [2.24, 2.45) is 7.05 Å². The van der Waals surface area contributed by atoms with Crippen LogP contribution in [-0.2, 0) is 21.9 Å². The van der Waals surface area contributed by atoms with E-state index in [-0.39, 0.29) is 5.82 Å². The summed E-state index contributed by atoms with van der Waals surface area (Å²) in [5, 5.41) is 4.82. The Labute approximate surface area is 111 Å². The molecule has 6 nitrogen and oxygen atoms in total. The Kier molecular flexibility index (Phi) is 3.09. The predicted octanol–water partition coefficient (Wildman–Crippen LogP) is 1.19. The molecule has 2 aromatic rings. The molecule has 0 fully saturated rings. The van der Waals surface area contributed by atoms with Crippen molar-refractivity contribution >= 4 is 32.7 Å². The predicted molar refractivity (Wildman–Crippen MR) is 73.5 cm³/mol. The molecule has 19 heavy (non-hydrogen) atoms. The van der Waals surface area contributed by atoms with Gasteiger partial charge in [0.25, 0.3) is 0 Å². The molecule has 0 saturated heterocycles. The van der Waals surface area contributed by atoms with Crippen molar-refractivity contribution < 1.29 is 13.2 Å². The standard InChI is InChI=1S/C12H15N3O3S/c1-8-6-5-7-10-11(8)14(3)13-12(10)15(9(2)16)19(4,17)18/h5-7H,1-4H3. The number of fused-ring (bicyclic) bond motifs is 1. The zero-order chi connectivity index (χ0) is 14.4. The van der Waals surface area contributed by atoms with Crippen LogP contribution in [0.3, 0.4) is 0 Å². The van der Waals surface area contributed by atoms with Crippen molar-refractivity contribution in [3.8, 4) is 0 Å². The number of carbonyl (C=O) groups is 1. The van der Waals surface area contributed by atoms with E-state index < -0.39 is 15.9 Å². The molecule has 0 unspecified atom stereocenters. The van der Waals surface area contributed by atoms with E-state index in [2.05, 4.69) is 5.10 Å². The molecule has 0 aliphatic heterocycles. The molecular formula is C12H15N3O3S. The summed E-state index contributed by atoms with van der Waals surface area (Å²) in [4.78, 5) is 11.6. The second kappa shape index (κ2) is 4.34. The molecular weight excluding hydrogens is 266 g/mol. The lowest BCUT2D eigenvalue weighted by atomic mass is 10.1. The van der Waals surface area contributed by atoms with Crippen LogP contribution >= 0.6 is 0 Å². The number of sulfonamides is 1. The number of hydrogen-bond donors (Lipinski definition) is 0. The molecule has 0 bridgehead atoms. The first-order valence-electron chi connectivity index (χ1n) is 5.66. The van der Waals surface area contributed by atoms with Gasteiger partial charge < -0.3 is 0 Å². The first-order chi connectivity index (χ1) is 8.73. The topological polar surface area (TPSA) is 72.3 Å². The zero-order valence-electron chi connectivity index (χ0n) is 11.2. The molecule has 7 heteroatoms. The Morgan fingerprint density at radius 2 is 2.00 bits per heavy atom. The average Bonchev–Trinajstić information content (AvgIpc) is 2.55. The van der Waals surface area contributed by atoms with Crippen LogP contribution in [0.4, 0.5) is 5.82 Å². The maximum absolute atomic E-state index is 11.8. The summed E-state index contributed by atoms with van der Waals surface area (Å²) in [7, 11) is -1.98. The minimum Gasteiger partial charge on any atom is -0.274 e. The number of carbonyl (C=O) groups excluding carboxylic acids is 1. The van der Waals surface area contributed by atoms with Gasteiger partial charge in [-0.05, 0) is 18.6 Å². The third-order valence-corrected chi connectivity index (χ3v) is 3.95. The van der Waals surface area contributed by atoms with E-state index in [0.29, 0.717) is 5.39 Å². The van der Waals surface area contributed by atoms with Gasteiger partial charge in [-0.2, -0.15) is 9.40 Å². The third-order valence-electron chi connectivity index (χ3n) is 2.86. The van der Waals surface area contributed by atoms with Gasteiger partial charge in [-0.3, -0.25) is 9.48 Å². The number of aromatic nitrogens is 2. The third kappa shape index (κ3) is 2.21. The highest BCUT2D eigenvalue weighted by molar-refractivity contribution is 7.92. The smallest absolute Gasteiger partial charge is 0.240 e. The Morgan fingerprint density at radius 3 is 2.53 bits per heavy atom. The number of anilines is 1. The second-order valence-corrected chi connectivity index (χ2v) is 6.30. The molecule has 1 amide bonds. The van der Waals surface area contributed by atoms with Gasteiger partial charge in [0.05, 0.1) is 11.8 Å². The summed E-state index contributed by atoms with van der Waals surface area (Å²) >= 11 is 0. The Bertz CT molecular complexity index is 762. The average molecular weight is 281 g/mol. The molecule has 0 aliphatic carbocycles. The van der Waals surface area contributed by atoms with Crippen molar-refractivity contribution in [3.05, 3.63) is 23.8 Å². The number of para-hydroxylation sites is 1. The van der Waals surface area contributed by atoms with Crippen LogP contribution < -0.4 is 4.31 Å². The highest BCUT2D eigenvalue weighted by Crippen LogP contribution is 2.29. The van der Waals surface area contributed by atoms with E-state index in [1.54, 1.807) is 17.8 Å².